The zero-order valence-electron chi connectivity index (χ0n) is 14.5. The molecule has 0 saturated carbocycles. The van der Waals surface area contributed by atoms with Gasteiger partial charge in [-0.3, -0.25) is 4.79 Å². The molecule has 1 amide bonds. The molecule has 6 heteroatoms. The summed E-state index contributed by atoms with van der Waals surface area (Å²) in [5.74, 6) is 1.42. The number of rotatable bonds is 9. The number of amides is 1. The van der Waals surface area contributed by atoms with Crippen LogP contribution in [0.4, 0.5) is 0 Å². The molecule has 26 heavy (non-hydrogen) atoms. The number of hydrogen-bond donors (Lipinski definition) is 1. The second kappa shape index (κ2) is 11.4. The summed E-state index contributed by atoms with van der Waals surface area (Å²) in [6.07, 6.45) is 3.32. The van der Waals surface area contributed by atoms with Crippen LogP contribution in [-0.4, -0.2) is 24.0 Å². The Morgan fingerprint density at radius 3 is 2.65 bits per heavy atom. The van der Waals surface area contributed by atoms with Gasteiger partial charge in [0.1, 0.15) is 12.4 Å². The van der Waals surface area contributed by atoms with Gasteiger partial charge in [0.05, 0.1) is 11.5 Å². The van der Waals surface area contributed by atoms with Crippen molar-refractivity contribution in [2.75, 3.05) is 6.61 Å². The lowest BCUT2D eigenvalue weighted by Crippen LogP contribution is -2.26. The van der Waals surface area contributed by atoms with Gasteiger partial charge in [0, 0.05) is 11.3 Å². The molecule has 0 bridgehead atoms. The maximum Gasteiger partial charge on any atom is 0.252 e. The number of carbonyl (C=O) groups excluding carboxylic acids is 1. The van der Waals surface area contributed by atoms with E-state index in [1.54, 1.807) is 24.1 Å². The van der Waals surface area contributed by atoms with E-state index >= 15 is 0 Å². The molecule has 0 radical (unpaired) electrons. The highest BCUT2D eigenvalue weighted by Crippen LogP contribution is 2.17. The number of halogens is 1. The van der Waals surface area contributed by atoms with Gasteiger partial charge in [0.25, 0.3) is 5.91 Å². The Morgan fingerprint density at radius 1 is 1.23 bits per heavy atom. The van der Waals surface area contributed by atoms with E-state index in [4.69, 9.17) is 16.3 Å². The minimum Gasteiger partial charge on any atom is -0.490 e. The summed E-state index contributed by atoms with van der Waals surface area (Å²) in [6.45, 7) is 2.30. The Hall–Kier alpha value is -2.24. The van der Waals surface area contributed by atoms with Crippen molar-refractivity contribution in [3.8, 4) is 5.75 Å². The summed E-state index contributed by atoms with van der Waals surface area (Å²) in [5.41, 5.74) is 6.07. The van der Waals surface area contributed by atoms with E-state index in [2.05, 4.69) is 22.7 Å². The van der Waals surface area contributed by atoms with Crippen molar-refractivity contribution >= 4 is 35.5 Å². The van der Waals surface area contributed by atoms with Crippen LogP contribution in [0, 0.1) is 0 Å². The predicted octanol–water partition coefficient (Wildman–Crippen LogP) is 4.59. The molecule has 4 nitrogen and oxygen atoms in total. The predicted molar refractivity (Wildman–Crippen MR) is 110 cm³/mol. The van der Waals surface area contributed by atoms with Gasteiger partial charge in [-0.1, -0.05) is 41.9 Å². The number of nitrogens with one attached hydrogen (secondary N) is 1. The fourth-order valence-corrected chi connectivity index (χ4v) is 2.88. The van der Waals surface area contributed by atoms with E-state index in [0.717, 1.165) is 17.1 Å². The Labute approximate surface area is 163 Å². The lowest BCUT2D eigenvalue weighted by atomic mass is 10.2. The molecule has 0 saturated heterocycles. The largest absolute Gasteiger partial charge is 0.490 e. The minimum atomic E-state index is -0.182. The zero-order chi connectivity index (χ0) is 18.6. The van der Waals surface area contributed by atoms with Gasteiger partial charge in [0.15, 0.2) is 0 Å². The molecule has 136 valence electrons. The molecule has 2 aromatic rings. The maximum atomic E-state index is 12.1. The number of carbonyl (C=O) groups is 1. The van der Waals surface area contributed by atoms with Crippen molar-refractivity contribution in [1.82, 2.24) is 5.43 Å². The molecule has 0 spiro atoms. The summed E-state index contributed by atoms with van der Waals surface area (Å²) in [7, 11) is 0. The first-order valence-corrected chi connectivity index (χ1v) is 9.64. The Bertz CT molecular complexity index is 733. The summed E-state index contributed by atoms with van der Waals surface area (Å²) >= 11 is 7.01. The Kier molecular flexibility index (Phi) is 8.79. The third-order valence-electron chi connectivity index (χ3n) is 3.42. The van der Waals surface area contributed by atoms with E-state index in [1.807, 2.05) is 49.4 Å². The quantitative estimate of drug-likeness (QED) is 0.505. The summed E-state index contributed by atoms with van der Waals surface area (Å²) in [4.78, 5) is 12.1. The molecule has 0 aliphatic carbocycles. The van der Waals surface area contributed by atoms with Gasteiger partial charge in [-0.25, -0.2) is 5.43 Å². The molecule has 0 aliphatic heterocycles. The van der Waals surface area contributed by atoms with E-state index in [-0.39, 0.29) is 11.2 Å². The van der Waals surface area contributed by atoms with Crippen molar-refractivity contribution in [2.45, 2.75) is 17.9 Å². The molecule has 0 heterocycles. The van der Waals surface area contributed by atoms with Crippen molar-refractivity contribution in [3.05, 3.63) is 77.3 Å². The summed E-state index contributed by atoms with van der Waals surface area (Å²) in [5, 5.41) is 3.83. The molecule has 0 fully saturated rings. The molecule has 1 atom stereocenters. The molecule has 2 rings (SSSR count). The minimum absolute atomic E-state index is 0.116. The molecule has 1 N–H and O–H groups in total. The van der Waals surface area contributed by atoms with Crippen molar-refractivity contribution < 1.29 is 9.53 Å². The number of ether oxygens (including phenoxy) is 1. The Morgan fingerprint density at radius 2 is 1.96 bits per heavy atom. The highest BCUT2D eigenvalue weighted by molar-refractivity contribution is 7.99. The standard InChI is InChI=1S/C20H21ClN2O2S/c1-16(26-15-18-6-3-2-4-7-18)20(24)23-22-14-17-8-10-19(11-9-17)25-13-5-12-21/h2-12,14,16H,13,15H2,1H3,(H,23,24)/b12-5+,22-14-/t16-/m1/s1. The second-order valence-corrected chi connectivity index (χ2v) is 7.00. The number of benzene rings is 2. The van der Waals surface area contributed by atoms with Crippen LogP contribution in [0.5, 0.6) is 5.75 Å². The third kappa shape index (κ3) is 7.33. The van der Waals surface area contributed by atoms with Gasteiger partial charge in [-0.2, -0.15) is 5.10 Å². The number of thioether (sulfide) groups is 1. The van der Waals surface area contributed by atoms with Crippen LogP contribution >= 0.6 is 23.4 Å². The van der Waals surface area contributed by atoms with Crippen molar-refractivity contribution in [3.63, 3.8) is 0 Å². The molecule has 0 aromatic heterocycles. The van der Waals surface area contributed by atoms with Crippen LogP contribution in [0.25, 0.3) is 0 Å². The molecular weight excluding hydrogens is 368 g/mol. The van der Waals surface area contributed by atoms with Gasteiger partial charge < -0.3 is 4.74 Å². The topological polar surface area (TPSA) is 50.7 Å². The van der Waals surface area contributed by atoms with E-state index in [9.17, 15) is 4.79 Å². The van der Waals surface area contributed by atoms with Gasteiger partial charge in [-0.15, -0.1) is 11.8 Å². The third-order valence-corrected chi connectivity index (χ3v) is 4.81. The van der Waals surface area contributed by atoms with Crippen LogP contribution in [0.3, 0.4) is 0 Å². The average Bonchev–Trinajstić information content (AvgIpc) is 2.68. The SMILES string of the molecule is C[C@@H](SCc1ccccc1)C(=O)N/N=C\c1ccc(OC/C=C/Cl)cc1. The lowest BCUT2D eigenvalue weighted by molar-refractivity contribution is -0.120. The van der Waals surface area contributed by atoms with E-state index < -0.39 is 0 Å². The van der Waals surface area contributed by atoms with Gasteiger partial charge in [0.2, 0.25) is 0 Å². The van der Waals surface area contributed by atoms with E-state index in [0.29, 0.717) is 6.61 Å². The first kappa shape index (κ1) is 20.1. The Balaban J connectivity index is 1.75. The molecule has 0 aliphatic rings. The number of hydrogen-bond acceptors (Lipinski definition) is 4. The highest BCUT2D eigenvalue weighted by atomic mass is 35.5. The summed E-state index contributed by atoms with van der Waals surface area (Å²) < 4.78 is 5.45. The fourth-order valence-electron chi connectivity index (χ4n) is 1.96. The summed E-state index contributed by atoms with van der Waals surface area (Å²) in [6, 6.07) is 17.5. The highest BCUT2D eigenvalue weighted by Gasteiger charge is 2.12. The second-order valence-electron chi connectivity index (χ2n) is 5.41. The molecule has 2 aromatic carbocycles. The lowest BCUT2D eigenvalue weighted by Gasteiger charge is -2.09. The van der Waals surface area contributed by atoms with Crippen molar-refractivity contribution in [1.29, 1.82) is 0 Å². The van der Waals surface area contributed by atoms with Crippen LogP contribution in [0.15, 0.2) is 71.3 Å². The monoisotopic (exact) mass is 388 g/mol. The molecular formula is C20H21ClN2O2S. The van der Waals surface area contributed by atoms with Gasteiger partial charge >= 0.3 is 0 Å². The van der Waals surface area contributed by atoms with Crippen LogP contribution < -0.4 is 10.2 Å². The fraction of sp³-hybridized carbons (Fsp3) is 0.200. The molecule has 0 unspecified atom stereocenters. The zero-order valence-corrected chi connectivity index (χ0v) is 16.0. The van der Waals surface area contributed by atoms with Crippen LogP contribution in [0.1, 0.15) is 18.1 Å². The average molecular weight is 389 g/mol. The van der Waals surface area contributed by atoms with Crippen molar-refractivity contribution in [2.24, 2.45) is 5.10 Å². The number of nitrogens with zero attached hydrogens (tertiary/aromatic N) is 1. The first-order chi connectivity index (χ1) is 12.7. The smallest absolute Gasteiger partial charge is 0.252 e. The normalized spacial score (nSPS) is 12.4. The van der Waals surface area contributed by atoms with Gasteiger partial charge in [-0.05, 0) is 48.4 Å². The van der Waals surface area contributed by atoms with E-state index in [1.165, 1.54) is 11.1 Å². The van der Waals surface area contributed by atoms with Crippen LogP contribution in [-0.2, 0) is 10.5 Å². The first-order valence-electron chi connectivity index (χ1n) is 8.15. The maximum absolute atomic E-state index is 12.1. The number of hydrazone groups is 1. The van der Waals surface area contributed by atoms with Crippen LogP contribution in [0.2, 0.25) is 0 Å².